The van der Waals surface area contributed by atoms with Gasteiger partial charge in [0, 0.05) is 31.9 Å². The fraction of sp³-hybridized carbons (Fsp3) is 0.632. The van der Waals surface area contributed by atoms with E-state index in [1.807, 2.05) is 5.32 Å². The van der Waals surface area contributed by atoms with Crippen LogP contribution in [0.25, 0.3) is 0 Å². The van der Waals surface area contributed by atoms with E-state index in [4.69, 9.17) is 9.47 Å². The number of anilines is 1. The van der Waals surface area contributed by atoms with Gasteiger partial charge in [-0.25, -0.2) is 4.79 Å². The van der Waals surface area contributed by atoms with Crippen molar-refractivity contribution in [2.24, 2.45) is 0 Å². The van der Waals surface area contributed by atoms with Gasteiger partial charge < -0.3 is 19.7 Å². The van der Waals surface area contributed by atoms with Crippen LogP contribution in [0.15, 0.2) is 18.2 Å². The van der Waals surface area contributed by atoms with Crippen molar-refractivity contribution in [3.63, 3.8) is 0 Å². The molecule has 1 fully saturated rings. The molecule has 30 heavy (non-hydrogen) atoms. The van der Waals surface area contributed by atoms with E-state index in [-0.39, 0.29) is 18.3 Å². The van der Waals surface area contributed by atoms with E-state index in [2.05, 4.69) is 0 Å². The molecule has 0 aromatic heterocycles. The van der Waals surface area contributed by atoms with Crippen LogP contribution in [-0.2, 0) is 16.0 Å². The van der Waals surface area contributed by atoms with Crippen LogP contribution in [0.5, 0.6) is 0 Å². The predicted octanol–water partition coefficient (Wildman–Crippen LogP) is 4.49. The van der Waals surface area contributed by atoms with Crippen molar-refractivity contribution in [3.8, 4) is 0 Å². The average molecular weight is 433 g/mol. The molecule has 11 heteroatoms. The summed E-state index contributed by atoms with van der Waals surface area (Å²) in [5.41, 5.74) is -1.04. The molecule has 0 spiro atoms. The van der Waals surface area contributed by atoms with E-state index in [1.165, 1.54) is 23.1 Å². The summed E-state index contributed by atoms with van der Waals surface area (Å²) in [6.45, 7) is 4.80. The van der Waals surface area contributed by atoms with Gasteiger partial charge in [0.15, 0.2) is 0 Å². The lowest BCUT2D eigenvalue weighted by atomic mass is 10.1. The van der Waals surface area contributed by atoms with Gasteiger partial charge in [-0.05, 0) is 45.2 Å². The third-order valence-corrected chi connectivity index (χ3v) is 4.35. The van der Waals surface area contributed by atoms with E-state index >= 15 is 0 Å². The fourth-order valence-electron chi connectivity index (χ4n) is 3.03. The number of nitrogens with one attached hydrogen (secondary N) is 1. The molecule has 2 rings (SSSR count). The first-order valence-electron chi connectivity index (χ1n) is 9.51. The lowest BCUT2D eigenvalue weighted by Gasteiger charge is -2.35. The topological polar surface area (TPSA) is 93.9 Å². The number of rotatable bonds is 6. The Bertz CT molecular complexity index is 759. The second kappa shape index (κ2) is 9.50. The third-order valence-electron chi connectivity index (χ3n) is 4.35. The highest BCUT2D eigenvalue weighted by Gasteiger charge is 2.31. The van der Waals surface area contributed by atoms with Gasteiger partial charge in [0.2, 0.25) is 0 Å². The van der Waals surface area contributed by atoms with Gasteiger partial charge in [-0.2, -0.15) is 13.2 Å². The summed E-state index contributed by atoms with van der Waals surface area (Å²) in [5, 5.41) is 13.4. The number of carbonyl (C=O) groups excluding carboxylic acids is 1. The Morgan fingerprint density at radius 1 is 1.30 bits per heavy atom. The number of hydrogen-bond acceptors (Lipinski definition) is 6. The number of nitro benzene ring substituents is 1. The van der Waals surface area contributed by atoms with Gasteiger partial charge in [0.05, 0.1) is 4.92 Å². The van der Waals surface area contributed by atoms with Crippen molar-refractivity contribution < 1.29 is 32.4 Å². The van der Waals surface area contributed by atoms with Crippen molar-refractivity contribution >= 4 is 17.5 Å². The van der Waals surface area contributed by atoms with Crippen LogP contribution < -0.4 is 5.32 Å². The van der Waals surface area contributed by atoms with Gasteiger partial charge >= 0.3 is 12.3 Å². The SMILES string of the molecule is CC(C)(C)OC(=O)N(Cc1ccc(NCC(F)(F)F)c([N+](=O)[O-])c1)C1CCOCC1. The summed E-state index contributed by atoms with van der Waals surface area (Å²) >= 11 is 0. The molecule has 168 valence electrons. The number of benzene rings is 1. The van der Waals surface area contributed by atoms with Crippen LogP contribution in [0, 0.1) is 10.1 Å². The van der Waals surface area contributed by atoms with E-state index in [0.717, 1.165) is 0 Å². The standard InChI is InChI=1S/C19H26F3N3O5/c1-18(2,3)30-17(26)24(14-6-8-29-9-7-14)11-13-4-5-15(16(10-13)25(27)28)23-12-19(20,21)22/h4-5,10,14,23H,6-9,11-12H2,1-3H3. The summed E-state index contributed by atoms with van der Waals surface area (Å²) in [4.78, 5) is 24.9. The molecule has 0 atom stereocenters. The number of amides is 1. The van der Waals surface area contributed by atoms with Crippen molar-refractivity contribution in [1.29, 1.82) is 0 Å². The summed E-state index contributed by atoms with van der Waals surface area (Å²) < 4.78 is 48.2. The number of alkyl halides is 3. The Labute approximate surface area is 172 Å². The van der Waals surface area contributed by atoms with Gasteiger partial charge in [-0.1, -0.05) is 6.07 Å². The zero-order valence-corrected chi connectivity index (χ0v) is 17.1. The smallest absolute Gasteiger partial charge is 0.410 e. The Hall–Kier alpha value is -2.56. The fourth-order valence-corrected chi connectivity index (χ4v) is 3.03. The molecule has 0 unspecified atom stereocenters. The van der Waals surface area contributed by atoms with Crippen molar-refractivity contribution in [3.05, 3.63) is 33.9 Å². The van der Waals surface area contributed by atoms with Crippen LogP contribution in [-0.4, -0.2) is 53.5 Å². The van der Waals surface area contributed by atoms with Gasteiger partial charge in [0.1, 0.15) is 17.8 Å². The molecule has 1 amide bonds. The number of nitrogens with zero attached hydrogens (tertiary/aromatic N) is 2. The zero-order valence-electron chi connectivity index (χ0n) is 17.1. The lowest BCUT2D eigenvalue weighted by Crippen LogP contribution is -2.45. The van der Waals surface area contributed by atoms with Crippen LogP contribution >= 0.6 is 0 Å². The summed E-state index contributed by atoms with van der Waals surface area (Å²) in [7, 11) is 0. The highest BCUT2D eigenvalue weighted by molar-refractivity contribution is 5.69. The molecule has 1 saturated heterocycles. The molecule has 0 radical (unpaired) electrons. The minimum absolute atomic E-state index is 0.0277. The van der Waals surface area contributed by atoms with Crippen LogP contribution in [0.4, 0.5) is 29.3 Å². The number of halogens is 3. The molecule has 1 aliphatic rings. The van der Waals surface area contributed by atoms with E-state index in [0.29, 0.717) is 31.6 Å². The summed E-state index contributed by atoms with van der Waals surface area (Å²) in [6.07, 6.45) is -3.89. The normalized spacial score (nSPS) is 15.5. The highest BCUT2D eigenvalue weighted by Crippen LogP contribution is 2.29. The van der Waals surface area contributed by atoms with E-state index in [9.17, 15) is 28.1 Å². The number of nitro groups is 1. The second-order valence-corrected chi connectivity index (χ2v) is 8.03. The predicted molar refractivity (Wildman–Crippen MR) is 103 cm³/mol. The number of ether oxygens (including phenoxy) is 2. The first-order chi connectivity index (χ1) is 13.9. The van der Waals surface area contributed by atoms with Crippen LogP contribution in [0.1, 0.15) is 39.2 Å². The molecule has 0 bridgehead atoms. The highest BCUT2D eigenvalue weighted by atomic mass is 19.4. The zero-order chi connectivity index (χ0) is 22.5. The maximum atomic E-state index is 12.8. The quantitative estimate of drug-likeness (QED) is 0.525. The monoisotopic (exact) mass is 433 g/mol. The van der Waals surface area contributed by atoms with Crippen molar-refractivity contribution in [2.45, 2.75) is 58.0 Å². The summed E-state index contributed by atoms with van der Waals surface area (Å²) in [6, 6.07) is 3.68. The minimum Gasteiger partial charge on any atom is -0.444 e. The Morgan fingerprint density at radius 2 is 1.93 bits per heavy atom. The van der Waals surface area contributed by atoms with Gasteiger partial charge in [0.25, 0.3) is 5.69 Å². The molecule has 1 aliphatic heterocycles. The molecule has 0 aliphatic carbocycles. The Morgan fingerprint density at radius 3 is 2.47 bits per heavy atom. The molecule has 1 N–H and O–H groups in total. The van der Waals surface area contributed by atoms with Gasteiger partial charge in [-0.15, -0.1) is 0 Å². The van der Waals surface area contributed by atoms with Crippen molar-refractivity contribution in [2.75, 3.05) is 25.1 Å². The van der Waals surface area contributed by atoms with Crippen molar-refractivity contribution in [1.82, 2.24) is 4.90 Å². The van der Waals surface area contributed by atoms with Crippen LogP contribution in [0.3, 0.4) is 0 Å². The molecule has 1 aromatic rings. The second-order valence-electron chi connectivity index (χ2n) is 8.03. The molecule has 1 heterocycles. The number of hydrogen-bond donors (Lipinski definition) is 1. The molecule has 0 saturated carbocycles. The third kappa shape index (κ3) is 7.36. The maximum Gasteiger partial charge on any atom is 0.410 e. The van der Waals surface area contributed by atoms with E-state index < -0.39 is 35.0 Å². The van der Waals surface area contributed by atoms with Gasteiger partial charge in [-0.3, -0.25) is 10.1 Å². The Balaban J connectivity index is 2.26. The largest absolute Gasteiger partial charge is 0.444 e. The molecular formula is C19H26F3N3O5. The average Bonchev–Trinajstić information content (AvgIpc) is 2.63. The molecular weight excluding hydrogens is 407 g/mol. The first kappa shape index (κ1) is 23.7. The minimum atomic E-state index is -4.51. The maximum absolute atomic E-state index is 12.8. The molecule has 8 nitrogen and oxygen atoms in total. The summed E-state index contributed by atoms with van der Waals surface area (Å²) in [5.74, 6) is 0. The number of carbonyl (C=O) groups is 1. The first-order valence-corrected chi connectivity index (χ1v) is 9.51. The van der Waals surface area contributed by atoms with Crippen LogP contribution in [0.2, 0.25) is 0 Å². The lowest BCUT2D eigenvalue weighted by molar-refractivity contribution is -0.384. The molecule has 1 aromatic carbocycles. The van der Waals surface area contributed by atoms with E-state index in [1.54, 1.807) is 20.8 Å². The Kier molecular flexibility index (Phi) is 7.51.